The van der Waals surface area contributed by atoms with E-state index in [1.807, 2.05) is 24.5 Å². The molecule has 0 aromatic heterocycles. The monoisotopic (exact) mass is 294 g/mol. The minimum absolute atomic E-state index is 0.103. The van der Waals surface area contributed by atoms with Gasteiger partial charge in [-0.1, -0.05) is 30.3 Å². The van der Waals surface area contributed by atoms with Crippen molar-refractivity contribution >= 4 is 17.7 Å². The fraction of sp³-hybridized carbons (Fsp3) is 0.533. The molecule has 1 aliphatic rings. The summed E-state index contributed by atoms with van der Waals surface area (Å²) in [4.78, 5) is 14.1. The zero-order valence-corrected chi connectivity index (χ0v) is 12.7. The molecule has 1 aromatic rings. The lowest BCUT2D eigenvalue weighted by molar-refractivity contribution is -0.118. The van der Waals surface area contributed by atoms with Gasteiger partial charge in [-0.05, 0) is 11.8 Å². The van der Waals surface area contributed by atoms with E-state index in [9.17, 15) is 4.79 Å². The maximum Gasteiger partial charge on any atom is 0.230 e. The molecule has 1 aromatic carbocycles. The van der Waals surface area contributed by atoms with Gasteiger partial charge in [0.15, 0.2) is 0 Å². The highest BCUT2D eigenvalue weighted by atomic mass is 32.2. The quantitative estimate of drug-likeness (QED) is 0.864. The van der Waals surface area contributed by atoms with Gasteiger partial charge in [0.05, 0.1) is 25.0 Å². The van der Waals surface area contributed by atoms with Gasteiger partial charge in [-0.25, -0.2) is 0 Å². The lowest BCUT2D eigenvalue weighted by atomic mass is 10.0. The van der Waals surface area contributed by atoms with Crippen LogP contribution in [-0.2, 0) is 9.53 Å². The molecule has 1 aliphatic heterocycles. The highest BCUT2D eigenvalue weighted by Gasteiger charge is 2.22. The van der Waals surface area contributed by atoms with Crippen molar-refractivity contribution in [2.75, 3.05) is 44.9 Å². The topological polar surface area (TPSA) is 41.6 Å². The van der Waals surface area contributed by atoms with E-state index in [1.165, 1.54) is 5.56 Å². The summed E-state index contributed by atoms with van der Waals surface area (Å²) in [5.74, 6) is 0.622. The van der Waals surface area contributed by atoms with Gasteiger partial charge in [0, 0.05) is 19.6 Å². The molecule has 5 heteroatoms. The molecule has 0 bridgehead atoms. The van der Waals surface area contributed by atoms with Gasteiger partial charge in [-0.2, -0.15) is 11.8 Å². The molecule has 1 saturated heterocycles. The van der Waals surface area contributed by atoms with E-state index in [0.717, 1.165) is 26.3 Å². The molecule has 0 saturated carbocycles. The molecule has 1 unspecified atom stereocenters. The Morgan fingerprint density at radius 3 is 2.70 bits per heavy atom. The number of rotatable bonds is 6. The second-order valence-corrected chi connectivity index (χ2v) is 5.68. The molecular formula is C15H22N2O2S. The van der Waals surface area contributed by atoms with Crippen LogP contribution in [0.4, 0.5) is 0 Å². The van der Waals surface area contributed by atoms with Crippen molar-refractivity contribution in [3.8, 4) is 0 Å². The molecule has 1 amide bonds. The van der Waals surface area contributed by atoms with Crippen LogP contribution in [0.15, 0.2) is 30.3 Å². The number of thioether (sulfide) groups is 1. The fourth-order valence-corrected chi connectivity index (χ4v) is 2.78. The zero-order chi connectivity index (χ0) is 14.2. The smallest absolute Gasteiger partial charge is 0.230 e. The average Bonchev–Trinajstić information content (AvgIpc) is 2.50. The van der Waals surface area contributed by atoms with Crippen LogP contribution in [0.1, 0.15) is 11.6 Å². The Hall–Kier alpha value is -1.04. The molecule has 1 atom stereocenters. The van der Waals surface area contributed by atoms with E-state index in [-0.39, 0.29) is 11.9 Å². The van der Waals surface area contributed by atoms with Crippen LogP contribution in [-0.4, -0.2) is 55.7 Å². The highest BCUT2D eigenvalue weighted by molar-refractivity contribution is 7.99. The minimum atomic E-state index is 0.103. The van der Waals surface area contributed by atoms with Crippen molar-refractivity contribution in [3.05, 3.63) is 35.9 Å². The van der Waals surface area contributed by atoms with E-state index in [0.29, 0.717) is 12.3 Å². The van der Waals surface area contributed by atoms with E-state index < -0.39 is 0 Å². The molecule has 110 valence electrons. The van der Waals surface area contributed by atoms with Crippen molar-refractivity contribution < 1.29 is 9.53 Å². The number of benzene rings is 1. The number of nitrogens with one attached hydrogen (secondary N) is 1. The second kappa shape index (κ2) is 8.29. The van der Waals surface area contributed by atoms with Crippen LogP contribution in [0, 0.1) is 0 Å². The molecule has 0 aliphatic carbocycles. The van der Waals surface area contributed by atoms with Gasteiger partial charge in [0.2, 0.25) is 5.91 Å². The minimum Gasteiger partial charge on any atom is -0.379 e. The van der Waals surface area contributed by atoms with Crippen molar-refractivity contribution in [3.63, 3.8) is 0 Å². The standard InChI is InChI=1S/C15H22N2O2S/c1-20-12-15(18)16-11-14(13-5-3-2-4-6-13)17-7-9-19-10-8-17/h2-6,14H,7-12H2,1H3,(H,16,18). The summed E-state index contributed by atoms with van der Waals surface area (Å²) in [6.45, 7) is 4.02. The third-order valence-corrected chi connectivity index (χ3v) is 3.99. The molecule has 1 heterocycles. The summed E-state index contributed by atoms with van der Waals surface area (Å²) < 4.78 is 5.42. The van der Waals surface area contributed by atoms with Gasteiger partial charge in [0.25, 0.3) is 0 Å². The molecular weight excluding hydrogens is 272 g/mol. The maximum absolute atomic E-state index is 11.7. The molecule has 20 heavy (non-hydrogen) atoms. The summed E-state index contributed by atoms with van der Waals surface area (Å²) in [6.07, 6.45) is 1.94. The Balaban J connectivity index is 2.02. The van der Waals surface area contributed by atoms with Gasteiger partial charge in [-0.15, -0.1) is 0 Å². The maximum atomic E-state index is 11.7. The van der Waals surface area contributed by atoms with Crippen molar-refractivity contribution in [1.29, 1.82) is 0 Å². The first-order chi connectivity index (χ1) is 9.81. The van der Waals surface area contributed by atoms with Crippen LogP contribution in [0.2, 0.25) is 0 Å². The summed E-state index contributed by atoms with van der Waals surface area (Å²) >= 11 is 1.55. The van der Waals surface area contributed by atoms with Gasteiger partial charge < -0.3 is 10.1 Å². The zero-order valence-electron chi connectivity index (χ0n) is 11.9. The number of carbonyl (C=O) groups is 1. The molecule has 1 N–H and O–H groups in total. The van der Waals surface area contributed by atoms with Crippen LogP contribution >= 0.6 is 11.8 Å². The lowest BCUT2D eigenvalue weighted by Gasteiger charge is -2.34. The molecule has 0 radical (unpaired) electrons. The number of morpholine rings is 1. The van der Waals surface area contributed by atoms with Crippen molar-refractivity contribution in [2.45, 2.75) is 6.04 Å². The first-order valence-electron chi connectivity index (χ1n) is 6.93. The predicted molar refractivity (Wildman–Crippen MR) is 83.0 cm³/mol. The van der Waals surface area contributed by atoms with Crippen LogP contribution in [0.3, 0.4) is 0 Å². The Labute approximate surface area is 124 Å². The lowest BCUT2D eigenvalue weighted by Crippen LogP contribution is -2.44. The number of hydrogen-bond acceptors (Lipinski definition) is 4. The molecule has 4 nitrogen and oxygen atoms in total. The average molecular weight is 294 g/mol. The Morgan fingerprint density at radius 2 is 2.05 bits per heavy atom. The molecule has 1 fully saturated rings. The Kier molecular flexibility index (Phi) is 6.36. The highest BCUT2D eigenvalue weighted by Crippen LogP contribution is 2.20. The first-order valence-corrected chi connectivity index (χ1v) is 8.33. The summed E-state index contributed by atoms with van der Waals surface area (Å²) in [7, 11) is 0. The number of carbonyl (C=O) groups excluding carboxylic acids is 1. The van der Waals surface area contributed by atoms with Gasteiger partial charge in [0.1, 0.15) is 0 Å². The normalized spacial score (nSPS) is 17.6. The largest absolute Gasteiger partial charge is 0.379 e. The summed E-state index contributed by atoms with van der Waals surface area (Å²) in [6, 6.07) is 10.6. The van der Waals surface area contributed by atoms with Gasteiger partial charge in [-0.3, -0.25) is 9.69 Å². The van der Waals surface area contributed by atoms with E-state index >= 15 is 0 Å². The Morgan fingerprint density at radius 1 is 1.35 bits per heavy atom. The molecule has 2 rings (SSSR count). The third kappa shape index (κ3) is 4.51. The Bertz CT molecular complexity index is 408. The van der Waals surface area contributed by atoms with Crippen molar-refractivity contribution in [2.24, 2.45) is 0 Å². The number of ether oxygens (including phenoxy) is 1. The number of nitrogens with zero attached hydrogens (tertiary/aromatic N) is 1. The fourth-order valence-electron chi connectivity index (χ4n) is 2.41. The first kappa shape index (κ1) is 15.4. The van der Waals surface area contributed by atoms with Gasteiger partial charge >= 0.3 is 0 Å². The summed E-state index contributed by atoms with van der Waals surface area (Å²) in [5.41, 5.74) is 1.25. The van der Waals surface area contributed by atoms with Crippen molar-refractivity contribution in [1.82, 2.24) is 10.2 Å². The van der Waals surface area contributed by atoms with E-state index in [4.69, 9.17) is 4.74 Å². The van der Waals surface area contributed by atoms with E-state index in [1.54, 1.807) is 11.8 Å². The molecule has 0 spiro atoms. The van der Waals surface area contributed by atoms with Crippen LogP contribution in [0.25, 0.3) is 0 Å². The number of amides is 1. The SMILES string of the molecule is CSCC(=O)NCC(c1ccccc1)N1CCOCC1. The predicted octanol–water partition coefficient (Wildman–Crippen LogP) is 1.54. The van der Waals surface area contributed by atoms with E-state index in [2.05, 4.69) is 22.3 Å². The second-order valence-electron chi connectivity index (χ2n) is 4.81. The number of hydrogen-bond donors (Lipinski definition) is 1. The summed E-state index contributed by atoms with van der Waals surface area (Å²) in [5, 5.41) is 3.04. The van der Waals surface area contributed by atoms with Crippen LogP contribution in [0.5, 0.6) is 0 Å². The van der Waals surface area contributed by atoms with Crippen LogP contribution < -0.4 is 5.32 Å². The third-order valence-electron chi connectivity index (χ3n) is 3.44.